The van der Waals surface area contributed by atoms with E-state index in [1.165, 1.54) is 0 Å². The van der Waals surface area contributed by atoms with E-state index in [4.69, 9.17) is 47.4 Å². The standard InChI is InChI=1S/C60H74O16/c1-6-7-8-9-10-11-12-25-34-67-60-50(62)53(76-59-41(5)52(75-57(66)45-32-23-16-24-33-45)39(3)47(72-59)36-69-55(64)43-28-19-14-20-29-43)49(61)48(73-60)37-70-58-40(4)51(74-56(65)44-30-21-15-22-31-44)38(2)46(71-58)35-68-54(63)42-26-17-13-18-27-42/h6,13-24,26-33,38-41,46-53,58-62H,1,7-12,25,34-37H2,2-5H3. The summed E-state index contributed by atoms with van der Waals surface area (Å²) in [6, 6.07) is 34.1. The molecule has 0 radical (unpaired) electrons. The maximum atomic E-state index is 13.6. The second-order valence-corrected chi connectivity index (χ2v) is 20.0. The van der Waals surface area contributed by atoms with Gasteiger partial charge in [-0.25, -0.2) is 19.2 Å². The van der Waals surface area contributed by atoms with Crippen molar-refractivity contribution in [1.29, 1.82) is 0 Å². The summed E-state index contributed by atoms with van der Waals surface area (Å²) in [5, 5.41) is 24.3. The SMILES string of the molecule is C=CCCCCCCCCOC1OC(COC2OC(COC(=O)c3ccccc3)C(C)C(OC(=O)c3ccccc3)C2C)C(O)C(OC2OC(COC(=O)c3ccccc3)C(C)C(OC(=O)c3ccccc3)C2C)C1O. The van der Waals surface area contributed by atoms with Gasteiger partial charge in [0.1, 0.15) is 62.0 Å². The first-order chi connectivity index (χ1) is 36.8. The molecular weight excluding hydrogens is 977 g/mol. The molecule has 0 aliphatic carbocycles. The van der Waals surface area contributed by atoms with Crippen LogP contribution in [0.4, 0.5) is 0 Å². The quantitative estimate of drug-likeness (QED) is 0.0275. The van der Waals surface area contributed by atoms with Crippen LogP contribution < -0.4 is 0 Å². The van der Waals surface area contributed by atoms with Gasteiger partial charge in [-0.2, -0.15) is 0 Å². The summed E-state index contributed by atoms with van der Waals surface area (Å²) in [5.41, 5.74) is 1.37. The maximum Gasteiger partial charge on any atom is 0.338 e. The molecule has 0 amide bonds. The van der Waals surface area contributed by atoms with E-state index < -0.39 is 115 Å². The summed E-state index contributed by atoms with van der Waals surface area (Å²) in [6.45, 7) is 10.5. The monoisotopic (exact) mass is 1050 g/mol. The molecule has 3 aliphatic heterocycles. The molecule has 0 spiro atoms. The number of rotatable bonds is 25. The molecule has 15 atom stereocenters. The highest BCUT2D eigenvalue weighted by Crippen LogP contribution is 2.38. The first-order valence-corrected chi connectivity index (χ1v) is 26.6. The largest absolute Gasteiger partial charge is 0.459 e. The van der Waals surface area contributed by atoms with E-state index in [2.05, 4.69) is 6.58 Å². The molecule has 3 aliphatic rings. The summed E-state index contributed by atoms with van der Waals surface area (Å²) >= 11 is 0. The summed E-state index contributed by atoms with van der Waals surface area (Å²) < 4.78 is 62.6. The van der Waals surface area contributed by atoms with Gasteiger partial charge in [-0.3, -0.25) is 0 Å². The molecule has 15 unspecified atom stereocenters. The van der Waals surface area contributed by atoms with Crippen molar-refractivity contribution >= 4 is 23.9 Å². The highest BCUT2D eigenvalue weighted by atomic mass is 16.7. The third-order valence-electron chi connectivity index (χ3n) is 14.4. The first-order valence-electron chi connectivity index (χ1n) is 26.6. The van der Waals surface area contributed by atoms with Crippen molar-refractivity contribution in [3.05, 3.63) is 156 Å². The highest BCUT2D eigenvalue weighted by molar-refractivity contribution is 5.91. The number of benzene rings is 4. The van der Waals surface area contributed by atoms with E-state index in [0.29, 0.717) is 28.7 Å². The normalized spacial score (nSPS) is 29.4. The zero-order chi connectivity index (χ0) is 54.0. The van der Waals surface area contributed by atoms with Crippen molar-refractivity contribution in [3.8, 4) is 0 Å². The summed E-state index contributed by atoms with van der Waals surface area (Å²) in [6.07, 6.45) is -4.00. The molecule has 3 saturated heterocycles. The molecule has 4 aromatic carbocycles. The van der Waals surface area contributed by atoms with E-state index in [1.807, 2.05) is 26.8 Å². The van der Waals surface area contributed by atoms with E-state index >= 15 is 0 Å². The van der Waals surface area contributed by atoms with Gasteiger partial charge in [0.15, 0.2) is 18.9 Å². The van der Waals surface area contributed by atoms with Crippen molar-refractivity contribution in [2.45, 2.75) is 140 Å². The third-order valence-corrected chi connectivity index (χ3v) is 14.4. The van der Waals surface area contributed by atoms with Crippen LogP contribution in [0.3, 0.4) is 0 Å². The Balaban J connectivity index is 1.11. The molecule has 76 heavy (non-hydrogen) atoms. The van der Waals surface area contributed by atoms with Crippen LogP contribution in [0.1, 0.15) is 114 Å². The van der Waals surface area contributed by atoms with E-state index in [-0.39, 0.29) is 26.4 Å². The Hall–Kier alpha value is -5.82. The molecule has 4 aromatic rings. The second kappa shape index (κ2) is 29.1. The lowest BCUT2D eigenvalue weighted by atomic mass is 9.85. The van der Waals surface area contributed by atoms with Crippen LogP contribution in [-0.2, 0) is 47.4 Å². The minimum absolute atomic E-state index is 0.192. The van der Waals surface area contributed by atoms with Gasteiger partial charge < -0.3 is 57.6 Å². The van der Waals surface area contributed by atoms with Crippen LogP contribution in [0.25, 0.3) is 0 Å². The minimum atomic E-state index is -1.58. The van der Waals surface area contributed by atoms with Crippen molar-refractivity contribution in [1.82, 2.24) is 0 Å². The zero-order valence-electron chi connectivity index (χ0n) is 43.9. The fourth-order valence-corrected chi connectivity index (χ4v) is 9.83. The minimum Gasteiger partial charge on any atom is -0.459 e. The van der Waals surface area contributed by atoms with Crippen LogP contribution in [-0.4, -0.2) is 128 Å². The molecule has 3 heterocycles. The first kappa shape index (κ1) is 57.9. The lowest BCUT2D eigenvalue weighted by Crippen LogP contribution is -2.63. The molecule has 7 rings (SSSR count). The molecule has 0 bridgehead atoms. The van der Waals surface area contributed by atoms with Gasteiger partial charge in [0.2, 0.25) is 0 Å². The van der Waals surface area contributed by atoms with E-state index in [1.54, 1.807) is 128 Å². The van der Waals surface area contributed by atoms with Gasteiger partial charge in [-0.15, -0.1) is 6.58 Å². The predicted molar refractivity (Wildman–Crippen MR) is 279 cm³/mol. The predicted octanol–water partition coefficient (Wildman–Crippen LogP) is 8.93. The third kappa shape index (κ3) is 15.7. The van der Waals surface area contributed by atoms with Crippen LogP contribution in [0.15, 0.2) is 134 Å². The Kier molecular flexibility index (Phi) is 22.1. The number of allylic oxidation sites excluding steroid dienone is 1. The number of esters is 4. The Morgan fingerprint density at radius 1 is 0.461 bits per heavy atom. The van der Waals surface area contributed by atoms with Crippen molar-refractivity contribution in [3.63, 3.8) is 0 Å². The van der Waals surface area contributed by atoms with Gasteiger partial charge in [-0.1, -0.05) is 132 Å². The summed E-state index contributed by atoms with van der Waals surface area (Å²) in [7, 11) is 0. The van der Waals surface area contributed by atoms with Gasteiger partial charge in [0.05, 0.1) is 28.9 Å². The topological polar surface area (TPSA) is 201 Å². The fourth-order valence-electron chi connectivity index (χ4n) is 9.83. The molecule has 0 aromatic heterocycles. The van der Waals surface area contributed by atoms with Gasteiger partial charge in [0, 0.05) is 30.3 Å². The summed E-state index contributed by atoms with van der Waals surface area (Å²) in [4.78, 5) is 53.5. The maximum absolute atomic E-state index is 13.6. The smallest absolute Gasteiger partial charge is 0.338 e. The van der Waals surface area contributed by atoms with Crippen LogP contribution in [0.5, 0.6) is 0 Å². The van der Waals surface area contributed by atoms with Crippen LogP contribution in [0, 0.1) is 23.7 Å². The number of aliphatic hydroxyl groups is 2. The fraction of sp³-hybridized carbons (Fsp3) is 0.500. The molecule has 2 N–H and O–H groups in total. The van der Waals surface area contributed by atoms with Crippen molar-refractivity contribution in [2.75, 3.05) is 26.4 Å². The van der Waals surface area contributed by atoms with Gasteiger partial charge in [-0.05, 0) is 67.8 Å². The number of hydrogen-bond donors (Lipinski definition) is 2. The average Bonchev–Trinajstić information content (AvgIpc) is 3.45. The lowest BCUT2D eigenvalue weighted by molar-refractivity contribution is -0.355. The number of hydrogen-bond acceptors (Lipinski definition) is 16. The number of aliphatic hydroxyl groups excluding tert-OH is 2. The average molecular weight is 1050 g/mol. The van der Waals surface area contributed by atoms with Crippen molar-refractivity contribution < 1.29 is 76.8 Å². The van der Waals surface area contributed by atoms with Crippen LogP contribution in [0.2, 0.25) is 0 Å². The molecule has 3 fully saturated rings. The Morgan fingerprint density at radius 3 is 1.34 bits per heavy atom. The molecule has 410 valence electrons. The Labute approximate surface area is 445 Å². The molecular formula is C60H74O16. The number of unbranched alkanes of at least 4 members (excludes halogenated alkanes) is 6. The van der Waals surface area contributed by atoms with E-state index in [0.717, 1.165) is 38.5 Å². The molecule has 0 saturated carbocycles. The van der Waals surface area contributed by atoms with E-state index in [9.17, 15) is 29.4 Å². The lowest BCUT2D eigenvalue weighted by Gasteiger charge is -2.48. The highest BCUT2D eigenvalue weighted by Gasteiger charge is 2.52. The number of carbonyl (C=O) groups is 4. The molecule has 16 heteroatoms. The second-order valence-electron chi connectivity index (χ2n) is 20.0. The summed E-state index contributed by atoms with van der Waals surface area (Å²) in [5.74, 6) is -4.54. The van der Waals surface area contributed by atoms with Crippen molar-refractivity contribution in [2.24, 2.45) is 23.7 Å². The molecule has 16 nitrogen and oxygen atoms in total. The van der Waals surface area contributed by atoms with Gasteiger partial charge in [0.25, 0.3) is 0 Å². The Bertz CT molecular complexity index is 2410. The van der Waals surface area contributed by atoms with Gasteiger partial charge >= 0.3 is 23.9 Å². The number of carbonyl (C=O) groups excluding carboxylic acids is 4. The number of ether oxygens (including phenoxy) is 10. The zero-order valence-corrected chi connectivity index (χ0v) is 43.9. The Morgan fingerprint density at radius 2 is 0.868 bits per heavy atom. The van der Waals surface area contributed by atoms with Crippen LogP contribution >= 0.6 is 0 Å².